The van der Waals surface area contributed by atoms with Gasteiger partial charge in [0.05, 0.1) is 17.4 Å². The maximum atomic E-state index is 12.6. The number of aliphatic carboxylic acids is 1. The number of carbonyl (C=O) groups excluding carboxylic acids is 2. The van der Waals surface area contributed by atoms with Gasteiger partial charge in [-0.15, -0.1) is 0 Å². The zero-order chi connectivity index (χ0) is 18.9. The molecule has 1 aromatic rings. The van der Waals surface area contributed by atoms with Crippen LogP contribution in [-0.4, -0.2) is 73.2 Å². The predicted molar refractivity (Wildman–Crippen MR) is 89.9 cm³/mol. The maximum absolute atomic E-state index is 12.6. The summed E-state index contributed by atoms with van der Waals surface area (Å²) in [4.78, 5) is 36.3. The molecule has 26 heavy (non-hydrogen) atoms. The van der Waals surface area contributed by atoms with E-state index in [1.54, 1.807) is 0 Å². The second kappa shape index (κ2) is 7.04. The van der Waals surface area contributed by atoms with Gasteiger partial charge in [0, 0.05) is 31.7 Å². The monoisotopic (exact) mass is 381 g/mol. The molecule has 1 atom stereocenters. The normalized spacial score (nSPS) is 21.5. The van der Waals surface area contributed by atoms with E-state index in [9.17, 15) is 22.8 Å². The molecule has 9 nitrogen and oxygen atoms in total. The molecule has 2 heterocycles. The van der Waals surface area contributed by atoms with Crippen molar-refractivity contribution >= 4 is 27.8 Å². The largest absolute Gasteiger partial charge is 0.481 e. The number of benzene rings is 1. The molecule has 0 radical (unpaired) electrons. The first-order chi connectivity index (χ1) is 12.3. The van der Waals surface area contributed by atoms with Crippen LogP contribution in [0.4, 0.5) is 0 Å². The Morgan fingerprint density at radius 2 is 1.85 bits per heavy atom. The highest BCUT2D eigenvalue weighted by Crippen LogP contribution is 2.21. The molecule has 0 bridgehead atoms. The Hall–Kier alpha value is -2.46. The van der Waals surface area contributed by atoms with Gasteiger partial charge >= 0.3 is 5.97 Å². The summed E-state index contributed by atoms with van der Waals surface area (Å²) in [6, 6.07) is 5.49. The summed E-state index contributed by atoms with van der Waals surface area (Å²) in [5.74, 6) is -2.17. The topological polar surface area (TPSA) is 124 Å². The summed E-state index contributed by atoms with van der Waals surface area (Å²) in [5.41, 5.74) is 0.298. The first-order valence-electron chi connectivity index (χ1n) is 8.18. The van der Waals surface area contributed by atoms with Crippen LogP contribution in [0.25, 0.3) is 0 Å². The van der Waals surface area contributed by atoms with Crippen LogP contribution in [0.15, 0.2) is 29.2 Å². The average Bonchev–Trinajstić information content (AvgIpc) is 3.11. The molecule has 3 rings (SSSR count). The van der Waals surface area contributed by atoms with Gasteiger partial charge in [0.25, 0.3) is 5.91 Å². The number of amides is 2. The van der Waals surface area contributed by atoms with Crippen LogP contribution >= 0.6 is 0 Å². The Morgan fingerprint density at radius 1 is 1.15 bits per heavy atom. The fraction of sp³-hybridized carbons (Fsp3) is 0.438. The van der Waals surface area contributed by atoms with Gasteiger partial charge < -0.3 is 15.3 Å². The molecule has 1 unspecified atom stereocenters. The van der Waals surface area contributed by atoms with Crippen molar-refractivity contribution < 1.29 is 27.9 Å². The number of sulfonamides is 1. The number of rotatable bonds is 4. The lowest BCUT2D eigenvalue weighted by Crippen LogP contribution is -2.49. The third-order valence-electron chi connectivity index (χ3n) is 4.57. The molecule has 0 aromatic heterocycles. The molecule has 2 aliphatic heterocycles. The van der Waals surface area contributed by atoms with E-state index in [0.29, 0.717) is 18.5 Å². The summed E-state index contributed by atoms with van der Waals surface area (Å²) in [5, 5.41) is 11.6. The lowest BCUT2D eigenvalue weighted by atomic mass is 10.1. The fourth-order valence-electron chi connectivity index (χ4n) is 3.07. The van der Waals surface area contributed by atoms with Crippen LogP contribution in [0.3, 0.4) is 0 Å². The molecule has 10 heteroatoms. The van der Waals surface area contributed by atoms with Gasteiger partial charge in [-0.3, -0.25) is 14.4 Å². The van der Waals surface area contributed by atoms with Gasteiger partial charge in [0.1, 0.15) is 0 Å². The van der Waals surface area contributed by atoms with Crippen LogP contribution in [0.2, 0.25) is 0 Å². The van der Waals surface area contributed by atoms with Crippen molar-refractivity contribution in [2.45, 2.75) is 11.3 Å². The van der Waals surface area contributed by atoms with Gasteiger partial charge in [-0.25, -0.2) is 8.42 Å². The zero-order valence-corrected chi connectivity index (χ0v) is 14.7. The second-order valence-corrected chi connectivity index (χ2v) is 8.23. The number of piperazine rings is 1. The van der Waals surface area contributed by atoms with E-state index >= 15 is 0 Å². The highest BCUT2D eigenvalue weighted by Gasteiger charge is 2.32. The van der Waals surface area contributed by atoms with E-state index in [4.69, 9.17) is 5.11 Å². The molecule has 2 fully saturated rings. The SMILES string of the molecule is O=C1CN(S(=O)(=O)c2ccc(C(=O)N3CCC(C(=O)O)C3)cc2)CCN1. The third-order valence-corrected chi connectivity index (χ3v) is 6.43. The van der Waals surface area contributed by atoms with E-state index in [2.05, 4.69) is 5.32 Å². The van der Waals surface area contributed by atoms with E-state index < -0.39 is 21.9 Å². The molecule has 2 aliphatic rings. The third kappa shape index (κ3) is 3.56. The minimum absolute atomic E-state index is 0.00795. The molecule has 2 N–H and O–H groups in total. The second-order valence-electron chi connectivity index (χ2n) is 6.29. The molecular formula is C16H19N3O6S. The van der Waals surface area contributed by atoms with E-state index in [0.717, 1.165) is 4.31 Å². The van der Waals surface area contributed by atoms with Crippen LogP contribution in [0, 0.1) is 5.92 Å². The highest BCUT2D eigenvalue weighted by atomic mass is 32.2. The first-order valence-corrected chi connectivity index (χ1v) is 9.62. The predicted octanol–water partition coefficient (Wildman–Crippen LogP) is -0.646. The minimum Gasteiger partial charge on any atom is -0.481 e. The number of nitrogens with one attached hydrogen (secondary N) is 1. The molecule has 0 saturated carbocycles. The van der Waals surface area contributed by atoms with Crippen molar-refractivity contribution in [1.82, 2.24) is 14.5 Å². The zero-order valence-electron chi connectivity index (χ0n) is 13.9. The molecule has 2 amide bonds. The Kier molecular flexibility index (Phi) is 4.97. The Labute approximate surface area is 150 Å². The summed E-state index contributed by atoms with van der Waals surface area (Å²) in [6.45, 7) is 0.733. The number of carbonyl (C=O) groups is 3. The Balaban J connectivity index is 1.73. The van der Waals surface area contributed by atoms with Crippen molar-refractivity contribution in [2.24, 2.45) is 5.92 Å². The Morgan fingerprint density at radius 3 is 2.42 bits per heavy atom. The number of hydrogen-bond donors (Lipinski definition) is 2. The maximum Gasteiger partial charge on any atom is 0.308 e. The van der Waals surface area contributed by atoms with Gasteiger partial charge in [0.2, 0.25) is 15.9 Å². The van der Waals surface area contributed by atoms with Gasteiger partial charge in [-0.2, -0.15) is 4.31 Å². The van der Waals surface area contributed by atoms with E-state index in [1.807, 2.05) is 0 Å². The van der Waals surface area contributed by atoms with Crippen molar-refractivity contribution in [3.63, 3.8) is 0 Å². The van der Waals surface area contributed by atoms with Gasteiger partial charge in [-0.1, -0.05) is 0 Å². The quantitative estimate of drug-likeness (QED) is 0.715. The van der Waals surface area contributed by atoms with Crippen molar-refractivity contribution in [1.29, 1.82) is 0 Å². The summed E-state index contributed by atoms with van der Waals surface area (Å²) in [7, 11) is -3.81. The number of carboxylic acids is 1. The molecule has 1 aromatic carbocycles. The van der Waals surface area contributed by atoms with Crippen LogP contribution in [0.1, 0.15) is 16.8 Å². The van der Waals surface area contributed by atoms with Crippen LogP contribution in [0.5, 0.6) is 0 Å². The minimum atomic E-state index is -3.81. The lowest BCUT2D eigenvalue weighted by molar-refractivity contribution is -0.141. The number of likely N-dealkylation sites (tertiary alicyclic amines) is 1. The number of carboxylic acid groups (broad SMARTS) is 1. The van der Waals surface area contributed by atoms with Gasteiger partial charge in [0.15, 0.2) is 0 Å². The highest BCUT2D eigenvalue weighted by molar-refractivity contribution is 7.89. The molecule has 0 aliphatic carbocycles. The van der Waals surface area contributed by atoms with Crippen LogP contribution in [-0.2, 0) is 19.6 Å². The van der Waals surface area contributed by atoms with Crippen molar-refractivity contribution in [3.05, 3.63) is 29.8 Å². The molecule has 2 saturated heterocycles. The summed E-state index contributed by atoms with van der Waals surface area (Å²) in [6.07, 6.45) is 0.407. The lowest BCUT2D eigenvalue weighted by Gasteiger charge is -2.26. The van der Waals surface area contributed by atoms with Crippen molar-refractivity contribution in [3.8, 4) is 0 Å². The fourth-order valence-corrected chi connectivity index (χ4v) is 4.46. The number of nitrogens with zero attached hydrogens (tertiary/aromatic N) is 2. The smallest absolute Gasteiger partial charge is 0.308 e. The number of hydrogen-bond acceptors (Lipinski definition) is 5. The Bertz CT molecular complexity index is 836. The average molecular weight is 381 g/mol. The molecule has 0 spiro atoms. The summed E-state index contributed by atoms with van der Waals surface area (Å²) >= 11 is 0. The van der Waals surface area contributed by atoms with Crippen LogP contribution < -0.4 is 5.32 Å². The van der Waals surface area contributed by atoms with Gasteiger partial charge in [-0.05, 0) is 30.7 Å². The van der Waals surface area contributed by atoms with Crippen molar-refractivity contribution in [2.75, 3.05) is 32.7 Å². The standard InChI is InChI=1S/C16H19N3O6S/c20-14-10-19(8-6-17-14)26(24,25)13-3-1-11(2-4-13)15(21)18-7-5-12(9-18)16(22)23/h1-4,12H,5-10H2,(H,17,20)(H,22,23). The van der Waals surface area contributed by atoms with E-state index in [-0.39, 0.29) is 42.9 Å². The molecular weight excluding hydrogens is 362 g/mol. The first kappa shape index (κ1) is 18.3. The summed E-state index contributed by atoms with van der Waals surface area (Å²) < 4.78 is 26.2. The van der Waals surface area contributed by atoms with E-state index in [1.165, 1.54) is 29.2 Å². The molecule has 140 valence electrons.